The highest BCUT2D eigenvalue weighted by atomic mass is 16.6. The summed E-state index contributed by atoms with van der Waals surface area (Å²) in [5, 5.41) is 28.8. The van der Waals surface area contributed by atoms with Crippen LogP contribution in [0.1, 0.15) is 251 Å². The van der Waals surface area contributed by atoms with Crippen LogP contribution in [0.15, 0.2) is 0 Å². The number of carbonyl (C=O) groups is 6. The third-order valence-corrected chi connectivity index (χ3v) is 24.6. The Kier molecular flexibility index (Phi) is 19.8. The van der Waals surface area contributed by atoms with Gasteiger partial charge in [0.1, 0.15) is 33.6 Å². The molecule has 0 radical (unpaired) electrons. The van der Waals surface area contributed by atoms with E-state index < -0.39 is 5.60 Å². The smallest absolute Gasteiger partial charge is 0.303 e. The lowest BCUT2D eigenvalue weighted by atomic mass is 9.41. The number of hydrogen-bond acceptors (Lipinski definition) is 15. The first-order valence-corrected chi connectivity index (χ1v) is 33.0. The summed E-state index contributed by atoms with van der Waals surface area (Å²) in [5.41, 5.74) is -1.58. The lowest BCUT2D eigenvalue weighted by Gasteiger charge is -2.63. The van der Waals surface area contributed by atoms with Crippen molar-refractivity contribution in [2.24, 2.45) is 81.8 Å². The van der Waals surface area contributed by atoms with Crippen LogP contribution in [0.5, 0.6) is 0 Å². The van der Waals surface area contributed by atoms with Crippen molar-refractivity contribution in [1.29, 1.82) is 5.26 Å². The molecule has 0 amide bonds. The maximum absolute atomic E-state index is 11.4. The summed E-state index contributed by atoms with van der Waals surface area (Å²) >= 11 is 0. The first-order valence-electron chi connectivity index (χ1n) is 33.0. The van der Waals surface area contributed by atoms with Crippen molar-refractivity contribution >= 4 is 35.8 Å². The normalized spacial score (nSPS) is 44.8. The third kappa shape index (κ3) is 14.1. The molecular formula is C69H106N2O14. The van der Waals surface area contributed by atoms with Crippen LogP contribution < -0.4 is 0 Å². The van der Waals surface area contributed by atoms with E-state index in [1.54, 1.807) is 0 Å². The van der Waals surface area contributed by atoms with Gasteiger partial charge in [0.05, 0.1) is 23.7 Å². The Balaban J connectivity index is 0.000000134. The van der Waals surface area contributed by atoms with Gasteiger partial charge in [-0.15, -0.1) is 0 Å². The van der Waals surface area contributed by atoms with Crippen LogP contribution in [0, 0.1) is 99.7 Å². The summed E-state index contributed by atoms with van der Waals surface area (Å²) in [5.74, 6) is 5.63. The molecule has 20 unspecified atom stereocenters. The van der Waals surface area contributed by atoms with Crippen molar-refractivity contribution in [3.8, 4) is 6.07 Å². The molecule has 14 aliphatic carbocycles. The second-order valence-electron chi connectivity index (χ2n) is 30.9. The van der Waals surface area contributed by atoms with Gasteiger partial charge in [0.25, 0.3) is 0 Å². The summed E-state index contributed by atoms with van der Waals surface area (Å²) in [6.07, 6.45) is 26.4. The van der Waals surface area contributed by atoms with Crippen LogP contribution in [-0.2, 0) is 57.2 Å². The van der Waals surface area contributed by atoms with Gasteiger partial charge in [-0.3, -0.25) is 28.8 Å². The van der Waals surface area contributed by atoms with Crippen molar-refractivity contribution < 1.29 is 67.4 Å². The quantitative estimate of drug-likeness (QED) is 0.124. The average molecular weight is 1190 g/mol. The van der Waals surface area contributed by atoms with Crippen molar-refractivity contribution in [2.45, 2.75) is 302 Å². The number of ether oxygens (including phenoxy) is 6. The second-order valence-corrected chi connectivity index (χ2v) is 30.9. The van der Waals surface area contributed by atoms with Gasteiger partial charge in [0.2, 0.25) is 6.04 Å². The highest BCUT2D eigenvalue weighted by Crippen LogP contribution is 2.69. The van der Waals surface area contributed by atoms with Gasteiger partial charge >= 0.3 is 35.8 Å². The van der Waals surface area contributed by atoms with Crippen molar-refractivity contribution in [2.75, 3.05) is 0 Å². The molecule has 0 spiro atoms. The van der Waals surface area contributed by atoms with Gasteiger partial charge in [0.15, 0.2) is 0 Å². The molecule has 0 aromatic heterocycles. The van der Waals surface area contributed by atoms with Crippen LogP contribution in [0.4, 0.5) is 0 Å². The Labute approximate surface area is 508 Å². The Morgan fingerprint density at radius 2 is 0.929 bits per heavy atom. The van der Waals surface area contributed by atoms with Gasteiger partial charge in [-0.25, -0.2) is 6.57 Å². The van der Waals surface area contributed by atoms with Crippen LogP contribution >= 0.6 is 0 Å². The Morgan fingerprint density at radius 1 is 0.494 bits per heavy atom. The molecule has 0 aliphatic heterocycles. The lowest BCUT2D eigenvalue weighted by Crippen LogP contribution is -2.60. The molecule has 16 nitrogen and oxygen atoms in total. The minimum atomic E-state index is -0.446. The summed E-state index contributed by atoms with van der Waals surface area (Å²) in [6, 6.07) is 2.80. The average Bonchev–Trinajstić information content (AvgIpc) is 1.77. The molecule has 14 fully saturated rings. The number of rotatable bonds is 9. The standard InChI is InChI=1S/C16H23NO2.C11H15NO2.C11H18O3.C11H18O2.C10H16O3.C10H16O2/c1-11(18)19-14(2,3)16-7-12-4-13(8-16)6-15(5-12,9-16)10-17;1-7(13)14-11(2)6-8-4-9(11)5-10(8)12-3;1-3-11(14-7(2)12)6-8-4-9(11)5-10(8)13;1-3-11(13-8(2)12)7-9-4-5-10(11)6-9;1-6(11)13-10(2)5-7-3-8(10)4-9(7)12;1-7(11)12-10(2)6-8-3-4-9(10)5-8/h12-13H,4-9H2,1-3H3;8-10H,4-6H2,1-2H3;8-10,13H,3-6H2,1-2H3;9-10H,3-7H2,1-2H3;7-9,12H,3-5H2,1-2H3;8-9H,3-6H2,1-2H3. The van der Waals surface area contributed by atoms with Crippen LogP contribution in [-0.4, -0.2) is 97.9 Å². The van der Waals surface area contributed by atoms with Crippen molar-refractivity contribution in [3.05, 3.63) is 11.4 Å². The molecule has 0 saturated heterocycles. The molecule has 14 aliphatic rings. The van der Waals surface area contributed by atoms with E-state index in [4.69, 9.17) is 35.0 Å². The highest BCUT2D eigenvalue weighted by molar-refractivity contribution is 5.68. The topological polar surface area (TPSA) is 226 Å². The zero-order valence-corrected chi connectivity index (χ0v) is 54.0. The fourth-order valence-corrected chi connectivity index (χ4v) is 21.2. The molecule has 85 heavy (non-hydrogen) atoms. The number of carbonyl (C=O) groups excluding carboxylic acids is 6. The van der Waals surface area contributed by atoms with Gasteiger partial charge < -0.3 is 43.5 Å². The van der Waals surface area contributed by atoms with E-state index in [0.29, 0.717) is 59.2 Å². The molecule has 0 heterocycles. The number of fused-ring (bicyclic) bond motifs is 10. The van der Waals surface area contributed by atoms with E-state index in [1.807, 2.05) is 27.7 Å². The molecule has 0 aromatic carbocycles. The predicted molar refractivity (Wildman–Crippen MR) is 317 cm³/mol. The molecule has 476 valence electrons. The molecule has 14 rings (SSSR count). The predicted octanol–water partition coefficient (Wildman–Crippen LogP) is 12.7. The molecule has 0 aromatic rings. The lowest BCUT2D eigenvalue weighted by molar-refractivity contribution is -0.204. The number of nitriles is 1. The maximum atomic E-state index is 11.4. The first-order chi connectivity index (χ1) is 39.7. The Hall–Kier alpha value is -4.28. The highest BCUT2D eigenvalue weighted by Gasteiger charge is 2.64. The Bertz CT molecular complexity index is 2550. The number of aliphatic hydroxyl groups excluding tert-OH is 2. The first kappa shape index (κ1) is 66.7. The summed E-state index contributed by atoms with van der Waals surface area (Å²) in [4.78, 5) is 69.8. The molecular weight excluding hydrogens is 1080 g/mol. The molecule has 16 heteroatoms. The largest absolute Gasteiger partial charge is 0.459 e. The van der Waals surface area contributed by atoms with Gasteiger partial charge in [-0.1, -0.05) is 13.8 Å². The van der Waals surface area contributed by atoms with Crippen LogP contribution in [0.2, 0.25) is 0 Å². The fraction of sp³-hybridized carbons (Fsp3) is 0.884. The number of hydrogen-bond donors (Lipinski definition) is 2. The van der Waals surface area contributed by atoms with E-state index in [-0.39, 0.29) is 92.9 Å². The minimum absolute atomic E-state index is 0.0263. The molecule has 14 bridgehead atoms. The maximum Gasteiger partial charge on any atom is 0.303 e. The van der Waals surface area contributed by atoms with Gasteiger partial charge in [0, 0.05) is 77.0 Å². The second kappa shape index (κ2) is 25.3. The third-order valence-electron chi connectivity index (χ3n) is 24.6. The fourth-order valence-electron chi connectivity index (χ4n) is 21.2. The SMILES string of the molecule is CC(=O)OC(C)(C)C12CC3CC(CC(C#N)(C3)C1)C2.CC(=O)OC1(C)CC2CC1CC2O.CC(=O)OC1(C)CC2CCC1C2.CCC1(OC(C)=O)CC2CC1CC2O.CCC1(OC(C)=O)CC2CCC1C2.[C-]#[N+]C1CC2CC1CC2(C)OC(C)=O. The van der Waals surface area contributed by atoms with Crippen molar-refractivity contribution in [3.63, 3.8) is 0 Å². The summed E-state index contributed by atoms with van der Waals surface area (Å²) in [7, 11) is 0. The van der Waals surface area contributed by atoms with Crippen LogP contribution in [0.25, 0.3) is 4.85 Å². The van der Waals surface area contributed by atoms with E-state index in [0.717, 1.165) is 127 Å². The Morgan fingerprint density at radius 3 is 1.27 bits per heavy atom. The number of nitrogens with zero attached hydrogens (tertiary/aromatic N) is 2. The van der Waals surface area contributed by atoms with E-state index in [9.17, 15) is 44.2 Å². The minimum Gasteiger partial charge on any atom is -0.459 e. The summed E-state index contributed by atoms with van der Waals surface area (Å²) < 4.78 is 32.8. The monoisotopic (exact) mass is 1190 g/mol. The van der Waals surface area contributed by atoms with Gasteiger partial charge in [-0.05, 0) is 236 Å². The van der Waals surface area contributed by atoms with Gasteiger partial charge in [-0.2, -0.15) is 5.26 Å². The van der Waals surface area contributed by atoms with E-state index in [2.05, 4.69) is 31.7 Å². The number of esters is 6. The molecule has 14 saturated carbocycles. The van der Waals surface area contributed by atoms with E-state index in [1.165, 1.54) is 86.5 Å². The van der Waals surface area contributed by atoms with Crippen LogP contribution in [0.3, 0.4) is 0 Å². The summed E-state index contributed by atoms with van der Waals surface area (Å²) in [6.45, 7) is 30.4. The van der Waals surface area contributed by atoms with E-state index >= 15 is 0 Å². The zero-order chi connectivity index (χ0) is 62.5. The van der Waals surface area contributed by atoms with Crippen molar-refractivity contribution in [1.82, 2.24) is 0 Å². The number of aliphatic hydroxyl groups is 2. The molecule has 2 N–H and O–H groups in total. The molecule has 20 atom stereocenters. The zero-order valence-electron chi connectivity index (χ0n) is 54.0.